The Kier molecular flexibility index (Phi) is 14.9. The molecular weight excluding hydrogens is 164 g/mol. The van der Waals surface area contributed by atoms with E-state index < -0.39 is 0 Å². The molecule has 1 aromatic carbocycles. The van der Waals surface area contributed by atoms with Gasteiger partial charge in [0, 0.05) is 19.8 Å². The minimum Gasteiger partial charge on any atom is -0.388 e. The predicted octanol–water partition coefficient (Wildman–Crippen LogP) is 2.79. The molecule has 2 nitrogen and oxygen atoms in total. The number of hydrogen-bond donors (Lipinski definition) is 0. The van der Waals surface area contributed by atoms with Gasteiger partial charge in [-0.25, -0.2) is 0 Å². The second-order valence-electron chi connectivity index (χ2n) is 1.94. The zero-order valence-corrected chi connectivity index (χ0v) is 8.78. The topological polar surface area (TPSA) is 26.3 Å². The lowest BCUT2D eigenvalue weighted by molar-refractivity contribution is 0.112. The van der Waals surface area contributed by atoms with E-state index in [0.29, 0.717) is 0 Å². The molecule has 2 heteroatoms. The molecule has 0 radical (unpaired) electrons. The van der Waals surface area contributed by atoms with Crippen molar-refractivity contribution in [1.82, 2.24) is 0 Å². The fourth-order valence-corrected chi connectivity index (χ4v) is 0.532. The summed E-state index contributed by atoms with van der Waals surface area (Å²) >= 11 is 0. The Balaban J connectivity index is 0. The minimum atomic E-state index is 0.729. The molecule has 0 saturated carbocycles. The summed E-state index contributed by atoms with van der Waals surface area (Å²) in [5.74, 6) is 0. The standard InChI is InChI=1S/C7H6O.C2H6O.C2H6/c8-6-7-4-2-1-3-5-7;1-3-2;1-2/h1-6H;1-2H3;1-2H3. The number of benzene rings is 1. The fourth-order valence-electron chi connectivity index (χ4n) is 0.532. The quantitative estimate of drug-likeness (QED) is 0.624. The van der Waals surface area contributed by atoms with Crippen molar-refractivity contribution in [3.8, 4) is 0 Å². The van der Waals surface area contributed by atoms with Crippen LogP contribution in [-0.2, 0) is 4.74 Å². The number of rotatable bonds is 1. The van der Waals surface area contributed by atoms with Gasteiger partial charge < -0.3 is 4.74 Å². The Morgan fingerprint density at radius 3 is 1.69 bits per heavy atom. The number of hydrogen-bond acceptors (Lipinski definition) is 2. The van der Waals surface area contributed by atoms with E-state index in [1.165, 1.54) is 0 Å². The third-order valence-corrected chi connectivity index (χ3v) is 0.936. The molecule has 0 saturated heterocycles. The van der Waals surface area contributed by atoms with Gasteiger partial charge in [0.05, 0.1) is 0 Å². The molecule has 0 aliphatic carbocycles. The molecule has 0 unspecified atom stereocenters. The van der Waals surface area contributed by atoms with E-state index in [2.05, 4.69) is 4.74 Å². The molecular formula is C11H18O2. The van der Waals surface area contributed by atoms with E-state index in [9.17, 15) is 4.79 Å². The van der Waals surface area contributed by atoms with Gasteiger partial charge in [-0.2, -0.15) is 0 Å². The summed E-state index contributed by atoms with van der Waals surface area (Å²) in [5.41, 5.74) is 0.729. The predicted molar refractivity (Wildman–Crippen MR) is 56.1 cm³/mol. The van der Waals surface area contributed by atoms with Gasteiger partial charge in [-0.15, -0.1) is 0 Å². The second kappa shape index (κ2) is 13.4. The summed E-state index contributed by atoms with van der Waals surface area (Å²) in [6.07, 6.45) is 0.833. The highest BCUT2D eigenvalue weighted by molar-refractivity contribution is 5.74. The summed E-state index contributed by atoms with van der Waals surface area (Å²) in [4.78, 5) is 10.0. The van der Waals surface area contributed by atoms with E-state index in [1.807, 2.05) is 32.0 Å². The first-order valence-electron chi connectivity index (χ1n) is 4.25. The fraction of sp³-hybridized carbons (Fsp3) is 0.364. The molecule has 13 heavy (non-hydrogen) atoms. The lowest BCUT2D eigenvalue weighted by atomic mass is 10.2. The van der Waals surface area contributed by atoms with Gasteiger partial charge in [0.2, 0.25) is 0 Å². The molecule has 0 aliphatic heterocycles. The molecule has 0 bridgehead atoms. The molecule has 0 spiro atoms. The van der Waals surface area contributed by atoms with Gasteiger partial charge in [0.15, 0.2) is 0 Å². The zero-order valence-electron chi connectivity index (χ0n) is 8.78. The van der Waals surface area contributed by atoms with Crippen LogP contribution in [-0.4, -0.2) is 20.5 Å². The number of carbonyl (C=O) groups is 1. The van der Waals surface area contributed by atoms with Gasteiger partial charge in [-0.05, 0) is 0 Å². The van der Waals surface area contributed by atoms with Gasteiger partial charge in [0.1, 0.15) is 6.29 Å². The second-order valence-corrected chi connectivity index (χ2v) is 1.94. The van der Waals surface area contributed by atoms with Crippen molar-refractivity contribution >= 4 is 6.29 Å². The highest BCUT2D eigenvalue weighted by Gasteiger charge is 1.79. The third kappa shape index (κ3) is 10.8. The van der Waals surface area contributed by atoms with Crippen LogP contribution in [0.2, 0.25) is 0 Å². The van der Waals surface area contributed by atoms with Crippen LogP contribution in [0.25, 0.3) is 0 Å². The summed E-state index contributed by atoms with van der Waals surface area (Å²) in [6.45, 7) is 4.00. The lowest BCUT2D eigenvalue weighted by Crippen LogP contribution is -1.73. The Morgan fingerprint density at radius 1 is 1.08 bits per heavy atom. The number of ether oxygens (including phenoxy) is 1. The van der Waals surface area contributed by atoms with Crippen LogP contribution >= 0.6 is 0 Å². The van der Waals surface area contributed by atoms with E-state index in [1.54, 1.807) is 26.4 Å². The molecule has 0 heterocycles. The Labute approximate surface area is 80.5 Å². The minimum absolute atomic E-state index is 0.729. The molecule has 0 aliphatic rings. The van der Waals surface area contributed by atoms with Gasteiger partial charge in [0.25, 0.3) is 0 Å². The Hall–Kier alpha value is -1.15. The molecule has 0 N–H and O–H groups in total. The van der Waals surface area contributed by atoms with Gasteiger partial charge in [-0.1, -0.05) is 44.2 Å². The Morgan fingerprint density at radius 2 is 1.46 bits per heavy atom. The van der Waals surface area contributed by atoms with Crippen LogP contribution in [0.15, 0.2) is 30.3 Å². The summed E-state index contributed by atoms with van der Waals surface area (Å²) in [6, 6.07) is 9.10. The van der Waals surface area contributed by atoms with Crippen molar-refractivity contribution in [3.05, 3.63) is 35.9 Å². The van der Waals surface area contributed by atoms with Crippen molar-refractivity contribution < 1.29 is 9.53 Å². The van der Waals surface area contributed by atoms with Crippen LogP contribution in [0, 0.1) is 0 Å². The maximum Gasteiger partial charge on any atom is 0.150 e. The maximum atomic E-state index is 10.0. The highest BCUT2D eigenvalue weighted by Crippen LogP contribution is 1.91. The summed E-state index contributed by atoms with van der Waals surface area (Å²) in [5, 5.41) is 0. The number of carbonyl (C=O) groups excluding carboxylic acids is 1. The van der Waals surface area contributed by atoms with Gasteiger partial charge >= 0.3 is 0 Å². The van der Waals surface area contributed by atoms with Crippen LogP contribution in [0.1, 0.15) is 24.2 Å². The smallest absolute Gasteiger partial charge is 0.150 e. The van der Waals surface area contributed by atoms with Crippen molar-refractivity contribution in [1.29, 1.82) is 0 Å². The van der Waals surface area contributed by atoms with E-state index in [4.69, 9.17) is 0 Å². The van der Waals surface area contributed by atoms with Crippen LogP contribution in [0.3, 0.4) is 0 Å². The molecule has 74 valence electrons. The van der Waals surface area contributed by atoms with Crippen molar-refractivity contribution in [2.24, 2.45) is 0 Å². The van der Waals surface area contributed by atoms with Crippen LogP contribution in [0.5, 0.6) is 0 Å². The maximum absolute atomic E-state index is 10.0. The monoisotopic (exact) mass is 182 g/mol. The number of aldehydes is 1. The van der Waals surface area contributed by atoms with Crippen molar-refractivity contribution in [2.45, 2.75) is 13.8 Å². The first-order chi connectivity index (χ1) is 6.35. The largest absolute Gasteiger partial charge is 0.388 e. The van der Waals surface area contributed by atoms with Crippen molar-refractivity contribution in [2.75, 3.05) is 14.2 Å². The molecule has 0 fully saturated rings. The molecule has 0 amide bonds. The van der Waals surface area contributed by atoms with Gasteiger partial charge in [-0.3, -0.25) is 4.79 Å². The molecule has 1 rings (SSSR count). The van der Waals surface area contributed by atoms with Crippen LogP contribution < -0.4 is 0 Å². The average molecular weight is 182 g/mol. The van der Waals surface area contributed by atoms with E-state index in [0.717, 1.165) is 11.8 Å². The third-order valence-electron chi connectivity index (χ3n) is 0.936. The summed E-state index contributed by atoms with van der Waals surface area (Å²) < 4.78 is 4.25. The van der Waals surface area contributed by atoms with Crippen molar-refractivity contribution in [3.63, 3.8) is 0 Å². The SMILES string of the molecule is CC.COC.O=Cc1ccccc1. The first-order valence-corrected chi connectivity index (χ1v) is 4.25. The average Bonchev–Trinajstić information content (AvgIpc) is 2.23. The first kappa shape index (κ1) is 14.4. The van der Waals surface area contributed by atoms with Crippen LogP contribution in [0.4, 0.5) is 0 Å². The molecule has 0 aromatic heterocycles. The zero-order chi connectivity index (χ0) is 10.5. The van der Waals surface area contributed by atoms with E-state index >= 15 is 0 Å². The highest BCUT2D eigenvalue weighted by atomic mass is 16.4. The Bertz CT molecular complexity index is 183. The lowest BCUT2D eigenvalue weighted by Gasteiger charge is -1.81. The van der Waals surface area contributed by atoms with E-state index in [-0.39, 0.29) is 0 Å². The normalized spacial score (nSPS) is 7.08. The molecule has 0 atom stereocenters. The summed E-state index contributed by atoms with van der Waals surface area (Å²) in [7, 11) is 3.25. The number of methoxy groups -OCH3 is 1. The molecule has 1 aromatic rings.